The molecule has 32 heavy (non-hydrogen) atoms. The van der Waals surface area contributed by atoms with E-state index in [0.717, 1.165) is 22.3 Å². The van der Waals surface area contributed by atoms with Crippen LogP contribution in [0.25, 0.3) is 11.1 Å². The molecule has 0 amide bonds. The predicted molar refractivity (Wildman–Crippen MR) is 117 cm³/mol. The minimum Gasteiger partial charge on any atom is -0.493 e. The standard InChI is InChI=1S/C24H28O8/c1-26-16-9-12-7-14-11-32-24(25)15(14)8-13-10-17(27-2)21(29-4)23(31-6)19(13)18(12)22(30-5)20(16)28-3/h9-10,14-15H,7-8,11H2,1-6H3. The molecule has 8 nitrogen and oxygen atoms in total. The molecule has 1 fully saturated rings. The van der Waals surface area contributed by atoms with Crippen LogP contribution in [0, 0.1) is 11.8 Å². The van der Waals surface area contributed by atoms with Gasteiger partial charge in [0.05, 0.1) is 55.2 Å². The molecule has 2 unspecified atom stereocenters. The van der Waals surface area contributed by atoms with Gasteiger partial charge < -0.3 is 33.2 Å². The summed E-state index contributed by atoms with van der Waals surface area (Å²) in [6.07, 6.45) is 1.09. The number of benzene rings is 2. The van der Waals surface area contributed by atoms with Crippen molar-refractivity contribution in [3.63, 3.8) is 0 Å². The third kappa shape index (κ3) is 3.25. The zero-order chi connectivity index (χ0) is 23.0. The van der Waals surface area contributed by atoms with E-state index in [0.29, 0.717) is 53.9 Å². The summed E-state index contributed by atoms with van der Waals surface area (Å²) in [6, 6.07) is 3.83. The van der Waals surface area contributed by atoms with E-state index in [-0.39, 0.29) is 17.8 Å². The number of cyclic esters (lactones) is 1. The average molecular weight is 444 g/mol. The molecule has 1 saturated heterocycles. The number of ether oxygens (including phenoxy) is 7. The number of methoxy groups -OCH3 is 6. The maximum Gasteiger partial charge on any atom is 0.309 e. The van der Waals surface area contributed by atoms with E-state index in [1.54, 1.807) is 42.7 Å². The van der Waals surface area contributed by atoms with Crippen LogP contribution in [0.15, 0.2) is 12.1 Å². The molecule has 2 aromatic carbocycles. The number of hydrogen-bond acceptors (Lipinski definition) is 8. The Morgan fingerprint density at radius 3 is 1.59 bits per heavy atom. The number of carbonyl (C=O) groups excluding carboxylic acids is 1. The second kappa shape index (κ2) is 8.68. The molecule has 8 heteroatoms. The molecule has 172 valence electrons. The maximum atomic E-state index is 12.6. The molecular formula is C24H28O8. The van der Waals surface area contributed by atoms with Gasteiger partial charge in [0.2, 0.25) is 11.5 Å². The summed E-state index contributed by atoms with van der Waals surface area (Å²) in [5.41, 5.74) is 3.41. The number of carbonyl (C=O) groups is 1. The summed E-state index contributed by atoms with van der Waals surface area (Å²) < 4.78 is 39.7. The first-order chi connectivity index (χ1) is 15.5. The minimum atomic E-state index is -0.274. The Hall–Kier alpha value is -3.29. The summed E-state index contributed by atoms with van der Waals surface area (Å²) in [4.78, 5) is 12.6. The van der Waals surface area contributed by atoms with Gasteiger partial charge in [0, 0.05) is 17.0 Å². The first kappa shape index (κ1) is 21.9. The molecular weight excluding hydrogens is 416 g/mol. The number of esters is 1. The van der Waals surface area contributed by atoms with E-state index >= 15 is 0 Å². The second-order valence-electron chi connectivity index (χ2n) is 7.76. The van der Waals surface area contributed by atoms with E-state index < -0.39 is 0 Å². The van der Waals surface area contributed by atoms with Crippen molar-refractivity contribution in [2.45, 2.75) is 12.8 Å². The van der Waals surface area contributed by atoms with Crippen LogP contribution in [0.2, 0.25) is 0 Å². The Morgan fingerprint density at radius 1 is 0.688 bits per heavy atom. The first-order valence-corrected chi connectivity index (χ1v) is 10.3. The average Bonchev–Trinajstić information content (AvgIpc) is 3.14. The molecule has 4 rings (SSSR count). The van der Waals surface area contributed by atoms with Crippen molar-refractivity contribution in [3.05, 3.63) is 23.3 Å². The van der Waals surface area contributed by atoms with Crippen LogP contribution in [-0.2, 0) is 22.4 Å². The summed E-state index contributed by atoms with van der Waals surface area (Å²) >= 11 is 0. The molecule has 0 bridgehead atoms. The monoisotopic (exact) mass is 444 g/mol. The highest BCUT2D eigenvalue weighted by Gasteiger charge is 2.41. The lowest BCUT2D eigenvalue weighted by Gasteiger charge is -2.29. The normalized spacial score (nSPS) is 18.9. The SMILES string of the molecule is COc1cc2c(c(OC)c1OC)-c1c(cc(OC)c(OC)c1OC)CC1C(=O)OCC1C2. The van der Waals surface area contributed by atoms with Gasteiger partial charge in [-0.25, -0.2) is 0 Å². The molecule has 2 aliphatic rings. The van der Waals surface area contributed by atoms with Gasteiger partial charge in [-0.2, -0.15) is 0 Å². The zero-order valence-electron chi connectivity index (χ0n) is 19.2. The third-order valence-electron chi connectivity index (χ3n) is 6.31. The highest BCUT2D eigenvalue weighted by molar-refractivity contribution is 5.89. The van der Waals surface area contributed by atoms with Crippen molar-refractivity contribution >= 4 is 5.97 Å². The van der Waals surface area contributed by atoms with Gasteiger partial charge in [-0.05, 0) is 36.1 Å². The Labute approximate surface area is 187 Å². The fourth-order valence-electron chi connectivity index (χ4n) is 4.86. The van der Waals surface area contributed by atoms with Crippen molar-refractivity contribution in [3.8, 4) is 45.6 Å². The summed E-state index contributed by atoms with van der Waals surface area (Å²) in [5.74, 6) is 2.59. The number of rotatable bonds is 6. The van der Waals surface area contributed by atoms with E-state index in [1.165, 1.54) is 0 Å². The lowest BCUT2D eigenvalue weighted by molar-refractivity contribution is -0.141. The van der Waals surface area contributed by atoms with Gasteiger partial charge in [0.25, 0.3) is 0 Å². The van der Waals surface area contributed by atoms with Crippen molar-refractivity contribution < 1.29 is 38.0 Å². The molecule has 1 aliphatic carbocycles. The van der Waals surface area contributed by atoms with Crippen LogP contribution >= 0.6 is 0 Å². The Morgan fingerprint density at radius 2 is 1.16 bits per heavy atom. The van der Waals surface area contributed by atoms with Crippen molar-refractivity contribution in [1.82, 2.24) is 0 Å². The van der Waals surface area contributed by atoms with Gasteiger partial charge in [-0.15, -0.1) is 0 Å². The van der Waals surface area contributed by atoms with Crippen LogP contribution in [0.1, 0.15) is 11.1 Å². The molecule has 1 heterocycles. The lowest BCUT2D eigenvalue weighted by Crippen LogP contribution is -2.23. The van der Waals surface area contributed by atoms with Gasteiger partial charge in [-0.3, -0.25) is 4.79 Å². The first-order valence-electron chi connectivity index (χ1n) is 10.3. The van der Waals surface area contributed by atoms with Crippen LogP contribution in [0.5, 0.6) is 34.5 Å². The Balaban J connectivity index is 2.14. The smallest absolute Gasteiger partial charge is 0.309 e. The van der Waals surface area contributed by atoms with Crippen LogP contribution in [-0.4, -0.2) is 55.2 Å². The second-order valence-corrected chi connectivity index (χ2v) is 7.76. The Kier molecular flexibility index (Phi) is 5.95. The van der Waals surface area contributed by atoms with E-state index in [2.05, 4.69) is 0 Å². The van der Waals surface area contributed by atoms with E-state index in [9.17, 15) is 4.79 Å². The highest BCUT2D eigenvalue weighted by atomic mass is 16.5. The van der Waals surface area contributed by atoms with Crippen LogP contribution in [0.4, 0.5) is 0 Å². The zero-order valence-corrected chi connectivity index (χ0v) is 19.2. The fraction of sp³-hybridized carbons (Fsp3) is 0.458. The molecule has 0 radical (unpaired) electrons. The summed E-state index contributed by atoms with van der Waals surface area (Å²) in [5, 5.41) is 0. The van der Waals surface area contributed by atoms with E-state index in [1.807, 2.05) is 12.1 Å². The molecule has 2 atom stereocenters. The molecule has 1 aliphatic heterocycles. The highest BCUT2D eigenvalue weighted by Crippen LogP contribution is 2.56. The molecule has 2 aromatic rings. The van der Waals surface area contributed by atoms with Crippen molar-refractivity contribution in [2.75, 3.05) is 49.3 Å². The number of hydrogen-bond donors (Lipinski definition) is 0. The maximum absolute atomic E-state index is 12.6. The predicted octanol–water partition coefficient (Wildman–Crippen LogP) is 3.29. The van der Waals surface area contributed by atoms with Crippen molar-refractivity contribution in [1.29, 1.82) is 0 Å². The quantitative estimate of drug-likeness (QED) is 0.628. The molecule has 0 aromatic heterocycles. The fourth-order valence-corrected chi connectivity index (χ4v) is 4.86. The van der Waals surface area contributed by atoms with Gasteiger partial charge >= 0.3 is 5.97 Å². The van der Waals surface area contributed by atoms with E-state index in [4.69, 9.17) is 33.2 Å². The molecule has 0 saturated carbocycles. The van der Waals surface area contributed by atoms with Gasteiger partial charge in [-0.1, -0.05) is 0 Å². The largest absolute Gasteiger partial charge is 0.493 e. The lowest BCUT2D eigenvalue weighted by atomic mass is 9.77. The molecule has 0 N–H and O–H groups in total. The van der Waals surface area contributed by atoms with Gasteiger partial charge in [0.15, 0.2) is 23.0 Å². The molecule has 0 spiro atoms. The van der Waals surface area contributed by atoms with Gasteiger partial charge in [0.1, 0.15) is 0 Å². The topological polar surface area (TPSA) is 81.7 Å². The minimum absolute atomic E-state index is 0.0244. The van der Waals surface area contributed by atoms with Crippen LogP contribution in [0.3, 0.4) is 0 Å². The Bertz CT molecular complexity index is 1050. The summed E-state index contributed by atoms with van der Waals surface area (Å²) in [7, 11) is 9.46. The number of fused-ring (bicyclic) bond motifs is 4. The third-order valence-corrected chi connectivity index (χ3v) is 6.31. The van der Waals surface area contributed by atoms with Crippen molar-refractivity contribution in [2.24, 2.45) is 11.8 Å². The van der Waals surface area contributed by atoms with Crippen LogP contribution < -0.4 is 28.4 Å². The summed E-state index contributed by atoms with van der Waals surface area (Å²) in [6.45, 7) is 0.374.